The van der Waals surface area contributed by atoms with Crippen molar-refractivity contribution in [2.45, 2.75) is 47.5 Å². The molecule has 0 unspecified atom stereocenters. The van der Waals surface area contributed by atoms with Gasteiger partial charge >= 0.3 is 12.0 Å². The number of esters is 1. The predicted octanol–water partition coefficient (Wildman–Crippen LogP) is 4.62. The third-order valence-electron chi connectivity index (χ3n) is 4.99. The second-order valence-corrected chi connectivity index (χ2v) is 9.20. The van der Waals surface area contributed by atoms with E-state index in [-0.39, 0.29) is 25.0 Å². The molecule has 0 saturated carbocycles. The molecule has 1 heterocycles. The summed E-state index contributed by atoms with van der Waals surface area (Å²) in [6, 6.07) is 10.4. The van der Waals surface area contributed by atoms with E-state index in [0.717, 1.165) is 37.5 Å². The van der Waals surface area contributed by atoms with Gasteiger partial charge in [0, 0.05) is 30.5 Å². The highest BCUT2D eigenvalue weighted by Crippen LogP contribution is 2.15. The number of hydrogen-bond donors (Lipinski definition) is 4. The normalized spacial score (nSPS) is 11.6. The number of aromatic amines is 1. The van der Waals surface area contributed by atoms with E-state index in [4.69, 9.17) is 10.1 Å². The highest BCUT2D eigenvalue weighted by atomic mass is 16.5. The molecule has 0 aliphatic rings. The maximum Gasteiger partial charge on any atom is 0.319 e. The summed E-state index contributed by atoms with van der Waals surface area (Å²) in [5.74, 6) is 0.577. The van der Waals surface area contributed by atoms with Gasteiger partial charge in [0.25, 0.3) is 0 Å². The van der Waals surface area contributed by atoms with E-state index < -0.39 is 11.4 Å². The number of aromatic nitrogens is 1. The minimum atomic E-state index is -0.575. The van der Waals surface area contributed by atoms with Crippen molar-refractivity contribution < 1.29 is 14.3 Å². The molecule has 2 rings (SSSR count). The molecule has 0 fully saturated rings. The molecule has 0 saturated heterocycles. The second-order valence-electron chi connectivity index (χ2n) is 9.20. The van der Waals surface area contributed by atoms with Crippen LogP contribution < -0.4 is 10.6 Å². The van der Waals surface area contributed by atoms with Gasteiger partial charge in [-0.1, -0.05) is 13.8 Å². The number of urea groups is 1. The number of hydrogen-bond acceptors (Lipinski definition) is 4. The molecule has 35 heavy (non-hydrogen) atoms. The van der Waals surface area contributed by atoms with Crippen molar-refractivity contribution in [3.05, 3.63) is 53.9 Å². The average molecular weight is 483 g/mol. The number of H-pyrrole nitrogens is 1. The van der Waals surface area contributed by atoms with Gasteiger partial charge in [0.05, 0.1) is 17.7 Å². The van der Waals surface area contributed by atoms with Crippen LogP contribution in [0.1, 0.15) is 58.7 Å². The van der Waals surface area contributed by atoms with Crippen molar-refractivity contribution in [1.29, 1.82) is 5.41 Å². The number of ether oxygens (including phenoxy) is 1. The molecular formula is C26H38N6O3. The summed E-state index contributed by atoms with van der Waals surface area (Å²) in [7, 11) is 0. The molecular weight excluding hydrogens is 444 g/mol. The maximum absolute atomic E-state index is 12.1. The Morgan fingerprint density at radius 3 is 2.29 bits per heavy atom. The van der Waals surface area contributed by atoms with E-state index >= 15 is 0 Å². The number of carbonyl (C=O) groups is 2. The minimum absolute atomic E-state index is 0.105. The standard InChI is InChI=1S/C26H38N6O3/c1-6-16-32(17-7-2)23(21-9-8-14-28-21)31-22(27)19-10-12-20(13-11-19)30-25(34)29-15-18-35-24(33)26(3,4)5/h8-14,27-28H,6-7,15-18H2,1-5H3,(H2,29,30,34)/b27-22?,31-23+. The van der Waals surface area contributed by atoms with Crippen molar-refractivity contribution in [3.8, 4) is 0 Å². The first-order chi connectivity index (χ1) is 16.7. The fraction of sp³-hybridized carbons (Fsp3) is 0.462. The van der Waals surface area contributed by atoms with Crippen LogP contribution in [0.5, 0.6) is 0 Å². The number of amides is 2. The fourth-order valence-electron chi connectivity index (χ4n) is 3.22. The summed E-state index contributed by atoms with van der Waals surface area (Å²) < 4.78 is 5.13. The van der Waals surface area contributed by atoms with Gasteiger partial charge in [-0.2, -0.15) is 0 Å². The smallest absolute Gasteiger partial charge is 0.319 e. The third-order valence-corrected chi connectivity index (χ3v) is 4.99. The van der Waals surface area contributed by atoms with Gasteiger partial charge in [-0.15, -0.1) is 0 Å². The Morgan fingerprint density at radius 2 is 1.74 bits per heavy atom. The van der Waals surface area contributed by atoms with Crippen molar-refractivity contribution in [1.82, 2.24) is 15.2 Å². The lowest BCUT2D eigenvalue weighted by molar-refractivity contribution is -0.152. The van der Waals surface area contributed by atoms with Gasteiger partial charge in [-0.05, 0) is 70.0 Å². The van der Waals surface area contributed by atoms with Crippen LogP contribution in [0.4, 0.5) is 10.5 Å². The molecule has 0 aliphatic carbocycles. The van der Waals surface area contributed by atoms with Crippen molar-refractivity contribution >= 4 is 29.4 Å². The van der Waals surface area contributed by atoms with E-state index in [2.05, 4.69) is 39.4 Å². The zero-order chi connectivity index (χ0) is 25.8. The number of anilines is 1. The van der Waals surface area contributed by atoms with Crippen molar-refractivity contribution in [3.63, 3.8) is 0 Å². The van der Waals surface area contributed by atoms with Gasteiger partial charge in [0.2, 0.25) is 0 Å². The third kappa shape index (κ3) is 8.92. The van der Waals surface area contributed by atoms with Gasteiger partial charge in [0.15, 0.2) is 11.7 Å². The fourth-order valence-corrected chi connectivity index (χ4v) is 3.22. The second kappa shape index (κ2) is 13.3. The molecule has 0 aliphatic heterocycles. The number of nitrogens with zero attached hydrogens (tertiary/aromatic N) is 2. The lowest BCUT2D eigenvalue weighted by atomic mass is 9.97. The topological polar surface area (TPSA) is 123 Å². The molecule has 190 valence electrons. The van der Waals surface area contributed by atoms with Crippen LogP contribution in [0, 0.1) is 10.8 Å². The van der Waals surface area contributed by atoms with Crippen molar-refractivity contribution in [2.24, 2.45) is 10.4 Å². The monoisotopic (exact) mass is 482 g/mol. The van der Waals surface area contributed by atoms with E-state index in [1.807, 2.05) is 18.3 Å². The van der Waals surface area contributed by atoms with Gasteiger partial charge < -0.3 is 25.3 Å². The van der Waals surface area contributed by atoms with Crippen LogP contribution in [-0.4, -0.2) is 59.8 Å². The Kier molecular flexibility index (Phi) is 10.5. The molecule has 9 nitrogen and oxygen atoms in total. The van der Waals surface area contributed by atoms with Crippen LogP contribution in [0.25, 0.3) is 0 Å². The summed E-state index contributed by atoms with van der Waals surface area (Å²) in [6.45, 7) is 11.6. The largest absolute Gasteiger partial charge is 0.463 e. The van der Waals surface area contributed by atoms with E-state index in [1.54, 1.807) is 45.0 Å². The zero-order valence-corrected chi connectivity index (χ0v) is 21.4. The molecule has 2 aromatic rings. The summed E-state index contributed by atoms with van der Waals surface area (Å²) in [5, 5.41) is 13.9. The molecule has 0 spiro atoms. The minimum Gasteiger partial charge on any atom is -0.463 e. The average Bonchev–Trinajstić information content (AvgIpc) is 3.34. The summed E-state index contributed by atoms with van der Waals surface area (Å²) in [6.07, 6.45) is 3.81. The molecule has 0 atom stereocenters. The highest BCUT2D eigenvalue weighted by Gasteiger charge is 2.22. The number of aliphatic imine (C=N–C) groups is 1. The lowest BCUT2D eigenvalue weighted by Gasteiger charge is -2.25. The molecule has 1 aromatic carbocycles. The first-order valence-corrected chi connectivity index (χ1v) is 12.0. The molecule has 0 bridgehead atoms. The van der Waals surface area contributed by atoms with Crippen LogP contribution in [0.3, 0.4) is 0 Å². The van der Waals surface area contributed by atoms with Crippen molar-refractivity contribution in [2.75, 3.05) is 31.6 Å². The zero-order valence-electron chi connectivity index (χ0n) is 21.4. The Hall–Kier alpha value is -3.62. The lowest BCUT2D eigenvalue weighted by Crippen LogP contribution is -2.34. The summed E-state index contributed by atoms with van der Waals surface area (Å²) in [4.78, 5) is 33.9. The first-order valence-electron chi connectivity index (χ1n) is 12.0. The highest BCUT2D eigenvalue weighted by molar-refractivity contribution is 6.09. The number of rotatable bonds is 10. The number of carbonyl (C=O) groups excluding carboxylic acids is 2. The Labute approximate surface area is 207 Å². The van der Waals surface area contributed by atoms with E-state index in [1.165, 1.54) is 0 Å². The summed E-state index contributed by atoms with van der Waals surface area (Å²) in [5.41, 5.74) is 1.52. The number of amidine groups is 2. The molecule has 4 N–H and O–H groups in total. The molecule has 1 aromatic heterocycles. The van der Waals surface area contributed by atoms with Crippen LogP contribution in [-0.2, 0) is 9.53 Å². The number of nitrogens with one attached hydrogen (secondary N) is 4. The first kappa shape index (κ1) is 27.6. The molecule has 2 amide bonds. The Bertz CT molecular complexity index is 985. The van der Waals surface area contributed by atoms with Gasteiger partial charge in [-0.25, -0.2) is 9.79 Å². The quantitative estimate of drug-likeness (QED) is 0.171. The Morgan fingerprint density at radius 1 is 1.09 bits per heavy atom. The van der Waals surface area contributed by atoms with Crippen LogP contribution >= 0.6 is 0 Å². The van der Waals surface area contributed by atoms with Crippen LogP contribution in [0.2, 0.25) is 0 Å². The predicted molar refractivity (Wildman–Crippen MR) is 140 cm³/mol. The van der Waals surface area contributed by atoms with E-state index in [9.17, 15) is 9.59 Å². The van der Waals surface area contributed by atoms with E-state index in [0.29, 0.717) is 11.3 Å². The molecule has 9 heteroatoms. The maximum atomic E-state index is 12.1. The summed E-state index contributed by atoms with van der Waals surface area (Å²) >= 11 is 0. The number of benzene rings is 1. The Balaban J connectivity index is 1.99. The van der Waals surface area contributed by atoms with Gasteiger partial charge in [-0.3, -0.25) is 10.2 Å². The SMILES string of the molecule is CCCN(CCC)/C(=N/C(=N)c1ccc(NC(=O)NCCOC(=O)C(C)(C)C)cc1)c1ccc[nH]1. The van der Waals surface area contributed by atoms with Crippen LogP contribution in [0.15, 0.2) is 47.6 Å². The van der Waals surface area contributed by atoms with Gasteiger partial charge in [0.1, 0.15) is 6.61 Å². The molecule has 0 radical (unpaired) electrons.